The van der Waals surface area contributed by atoms with Crippen LogP contribution >= 0.6 is 0 Å². The average Bonchev–Trinajstić information content (AvgIpc) is 2.97. The van der Waals surface area contributed by atoms with Crippen LogP contribution in [0.4, 0.5) is 0 Å². The molecule has 2 aromatic rings. The second-order valence-corrected chi connectivity index (χ2v) is 6.55. The van der Waals surface area contributed by atoms with E-state index in [9.17, 15) is 4.79 Å². The van der Waals surface area contributed by atoms with Gasteiger partial charge in [-0.05, 0) is 18.1 Å². The van der Waals surface area contributed by atoms with Gasteiger partial charge >= 0.3 is 0 Å². The van der Waals surface area contributed by atoms with Gasteiger partial charge in [0.15, 0.2) is 5.69 Å². The van der Waals surface area contributed by atoms with Crippen molar-refractivity contribution in [1.82, 2.24) is 19.9 Å². The van der Waals surface area contributed by atoms with E-state index in [-0.39, 0.29) is 11.8 Å². The van der Waals surface area contributed by atoms with Crippen LogP contribution in [0.15, 0.2) is 35.1 Å². The van der Waals surface area contributed by atoms with E-state index >= 15 is 0 Å². The minimum Gasteiger partial charge on any atom is -0.360 e. The van der Waals surface area contributed by atoms with Crippen LogP contribution in [0.2, 0.25) is 0 Å². The molecule has 0 spiro atoms. The normalized spacial score (nSPS) is 16.4. The molecular weight excluding hydrogens is 304 g/mol. The number of hydrogen-bond donors (Lipinski definition) is 0. The number of hydrogen-bond acceptors (Lipinski definition) is 5. The number of amides is 1. The molecule has 0 N–H and O–H groups in total. The van der Waals surface area contributed by atoms with Crippen molar-refractivity contribution in [3.8, 4) is 0 Å². The van der Waals surface area contributed by atoms with Crippen molar-refractivity contribution in [1.29, 1.82) is 0 Å². The van der Waals surface area contributed by atoms with Crippen LogP contribution < -0.4 is 0 Å². The predicted molar refractivity (Wildman–Crippen MR) is 90.6 cm³/mol. The molecule has 1 fully saturated rings. The van der Waals surface area contributed by atoms with E-state index < -0.39 is 0 Å². The zero-order chi connectivity index (χ0) is 16.9. The van der Waals surface area contributed by atoms with Gasteiger partial charge in [-0.2, -0.15) is 0 Å². The maximum atomic E-state index is 12.6. The van der Waals surface area contributed by atoms with Gasteiger partial charge in [-0.25, -0.2) is 0 Å². The summed E-state index contributed by atoms with van der Waals surface area (Å²) >= 11 is 0. The standard InChI is InChI=1S/C18H24N4O2/c1-14(2)17-11-16(20-24-17)18(23)22-8-4-7-21(9-10-22)13-15-5-3-6-19-12-15/h3,5-6,11-12,14H,4,7-10,13H2,1-2H3. The van der Waals surface area contributed by atoms with E-state index in [0.29, 0.717) is 12.2 Å². The van der Waals surface area contributed by atoms with Gasteiger partial charge in [0.25, 0.3) is 5.91 Å². The summed E-state index contributed by atoms with van der Waals surface area (Å²) < 4.78 is 5.25. The van der Waals surface area contributed by atoms with Gasteiger partial charge in [0.1, 0.15) is 5.76 Å². The van der Waals surface area contributed by atoms with Crippen molar-refractivity contribution in [2.75, 3.05) is 26.2 Å². The largest absolute Gasteiger partial charge is 0.360 e. The molecular formula is C18H24N4O2. The fraction of sp³-hybridized carbons (Fsp3) is 0.500. The summed E-state index contributed by atoms with van der Waals surface area (Å²) in [4.78, 5) is 21.0. The molecule has 0 radical (unpaired) electrons. The smallest absolute Gasteiger partial charge is 0.276 e. The van der Waals surface area contributed by atoms with Gasteiger partial charge in [-0.1, -0.05) is 25.1 Å². The molecule has 0 bridgehead atoms. The first kappa shape index (κ1) is 16.6. The molecule has 0 saturated carbocycles. The molecule has 3 rings (SSSR count). The van der Waals surface area contributed by atoms with E-state index in [0.717, 1.165) is 38.4 Å². The topological polar surface area (TPSA) is 62.5 Å². The van der Waals surface area contributed by atoms with Crippen molar-refractivity contribution >= 4 is 5.91 Å². The molecule has 1 amide bonds. The van der Waals surface area contributed by atoms with Crippen molar-refractivity contribution < 1.29 is 9.32 Å². The fourth-order valence-electron chi connectivity index (χ4n) is 2.91. The molecule has 1 aliphatic heterocycles. The van der Waals surface area contributed by atoms with Gasteiger partial charge in [0, 0.05) is 57.1 Å². The Bertz CT molecular complexity index is 669. The van der Waals surface area contributed by atoms with Crippen LogP contribution in [-0.2, 0) is 6.54 Å². The number of carbonyl (C=O) groups is 1. The first-order valence-electron chi connectivity index (χ1n) is 8.50. The molecule has 6 heteroatoms. The average molecular weight is 328 g/mol. The van der Waals surface area contributed by atoms with Crippen LogP contribution in [0.5, 0.6) is 0 Å². The summed E-state index contributed by atoms with van der Waals surface area (Å²) in [5.74, 6) is 0.957. The Morgan fingerprint density at radius 3 is 2.88 bits per heavy atom. The lowest BCUT2D eigenvalue weighted by atomic mass is 10.1. The predicted octanol–water partition coefficient (Wildman–Crippen LogP) is 2.54. The van der Waals surface area contributed by atoms with Crippen molar-refractivity contribution in [2.45, 2.75) is 32.7 Å². The molecule has 0 aromatic carbocycles. The molecule has 24 heavy (non-hydrogen) atoms. The third kappa shape index (κ3) is 4.00. The highest BCUT2D eigenvalue weighted by Gasteiger charge is 2.23. The number of pyridine rings is 1. The molecule has 3 heterocycles. The molecule has 1 aliphatic rings. The summed E-state index contributed by atoms with van der Waals surface area (Å²) in [5, 5.41) is 3.94. The van der Waals surface area contributed by atoms with E-state index in [2.05, 4.69) is 21.1 Å². The summed E-state index contributed by atoms with van der Waals surface area (Å²) in [6.07, 6.45) is 4.65. The lowest BCUT2D eigenvalue weighted by Crippen LogP contribution is -2.35. The Labute approximate surface area is 142 Å². The molecule has 2 aromatic heterocycles. The van der Waals surface area contributed by atoms with Crippen LogP contribution in [0.3, 0.4) is 0 Å². The van der Waals surface area contributed by atoms with Gasteiger partial charge in [-0.15, -0.1) is 0 Å². The van der Waals surface area contributed by atoms with E-state index in [1.54, 1.807) is 12.3 Å². The van der Waals surface area contributed by atoms with E-state index in [1.165, 1.54) is 5.56 Å². The van der Waals surface area contributed by atoms with Gasteiger partial charge < -0.3 is 9.42 Å². The minimum atomic E-state index is -0.0334. The number of aromatic nitrogens is 2. The molecule has 128 valence electrons. The van der Waals surface area contributed by atoms with Gasteiger partial charge in [0.2, 0.25) is 0 Å². The molecule has 0 atom stereocenters. The number of nitrogens with zero attached hydrogens (tertiary/aromatic N) is 4. The first-order valence-corrected chi connectivity index (χ1v) is 8.50. The summed E-state index contributed by atoms with van der Waals surface area (Å²) in [6.45, 7) is 8.23. The Balaban J connectivity index is 1.59. The second kappa shape index (κ2) is 7.57. The molecule has 0 aliphatic carbocycles. The Kier molecular flexibility index (Phi) is 5.25. The number of carbonyl (C=O) groups excluding carboxylic acids is 1. The third-order valence-corrected chi connectivity index (χ3v) is 4.32. The van der Waals surface area contributed by atoms with Crippen LogP contribution in [0, 0.1) is 0 Å². The molecule has 1 saturated heterocycles. The highest BCUT2D eigenvalue weighted by molar-refractivity contribution is 5.92. The van der Waals surface area contributed by atoms with Gasteiger partial charge in [-0.3, -0.25) is 14.7 Å². The Hall–Kier alpha value is -2.21. The SMILES string of the molecule is CC(C)c1cc(C(=O)N2CCCN(Cc3cccnc3)CC2)no1. The van der Waals surface area contributed by atoms with Crippen LogP contribution in [0.25, 0.3) is 0 Å². The van der Waals surface area contributed by atoms with E-state index in [1.807, 2.05) is 31.0 Å². The lowest BCUT2D eigenvalue weighted by Gasteiger charge is -2.21. The monoisotopic (exact) mass is 328 g/mol. The molecule has 6 nitrogen and oxygen atoms in total. The van der Waals surface area contributed by atoms with Crippen molar-refractivity contribution in [3.63, 3.8) is 0 Å². The second-order valence-electron chi connectivity index (χ2n) is 6.55. The number of rotatable bonds is 4. The summed E-state index contributed by atoms with van der Waals surface area (Å²) in [6, 6.07) is 5.81. The first-order chi connectivity index (χ1) is 11.6. The van der Waals surface area contributed by atoms with Crippen molar-refractivity contribution in [2.24, 2.45) is 0 Å². The third-order valence-electron chi connectivity index (χ3n) is 4.32. The highest BCUT2D eigenvalue weighted by Crippen LogP contribution is 2.17. The van der Waals surface area contributed by atoms with Crippen molar-refractivity contribution in [3.05, 3.63) is 47.6 Å². The summed E-state index contributed by atoms with van der Waals surface area (Å²) in [7, 11) is 0. The zero-order valence-electron chi connectivity index (χ0n) is 14.3. The van der Waals surface area contributed by atoms with Crippen LogP contribution in [0.1, 0.15) is 48.0 Å². The van der Waals surface area contributed by atoms with Crippen LogP contribution in [-0.4, -0.2) is 52.0 Å². The van der Waals surface area contributed by atoms with Gasteiger partial charge in [0.05, 0.1) is 0 Å². The quantitative estimate of drug-likeness (QED) is 0.863. The fourth-order valence-corrected chi connectivity index (χ4v) is 2.91. The lowest BCUT2D eigenvalue weighted by molar-refractivity contribution is 0.0750. The maximum Gasteiger partial charge on any atom is 0.276 e. The zero-order valence-corrected chi connectivity index (χ0v) is 14.3. The maximum absolute atomic E-state index is 12.6. The summed E-state index contributed by atoms with van der Waals surface area (Å²) in [5.41, 5.74) is 1.62. The van der Waals surface area contributed by atoms with E-state index in [4.69, 9.17) is 4.52 Å². The highest BCUT2D eigenvalue weighted by atomic mass is 16.5. The molecule has 0 unspecified atom stereocenters. The Morgan fingerprint density at radius 2 is 2.17 bits per heavy atom. The minimum absolute atomic E-state index is 0.0334. The Morgan fingerprint density at radius 1 is 1.29 bits per heavy atom.